The highest BCUT2D eigenvalue weighted by Crippen LogP contribution is 2.16. The van der Waals surface area contributed by atoms with Gasteiger partial charge in [0.25, 0.3) is 5.91 Å². The Labute approximate surface area is 106 Å². The lowest BCUT2D eigenvalue weighted by atomic mass is 10.3. The first-order valence-electron chi connectivity index (χ1n) is 4.42. The predicted molar refractivity (Wildman–Crippen MR) is 68.1 cm³/mol. The van der Waals surface area contributed by atoms with E-state index >= 15 is 0 Å². The first-order valence-corrected chi connectivity index (χ1v) is 6.38. The van der Waals surface area contributed by atoms with E-state index in [1.165, 1.54) is 11.3 Å². The van der Waals surface area contributed by atoms with Crippen LogP contribution in [0.1, 0.15) is 17.3 Å². The Morgan fingerprint density at radius 1 is 1.47 bits per heavy atom. The minimum atomic E-state index is -0.208. The van der Waals surface area contributed by atoms with E-state index in [2.05, 4.69) is 33.2 Å². The number of nitrogens with one attached hydrogen (secondary N) is 2. The van der Waals surface area contributed by atoms with Gasteiger partial charge in [0, 0.05) is 11.9 Å². The number of hydrogen-bond acceptors (Lipinski definition) is 3. The molecule has 1 aromatic heterocycles. The number of likely N-dealkylation sites (N-methyl/N-ethyl adjacent to an activating group) is 1. The largest absolute Gasteiger partial charge is 0.355 e. The van der Waals surface area contributed by atoms with Crippen LogP contribution in [0.2, 0.25) is 0 Å². The molecule has 0 bridgehead atoms. The minimum Gasteiger partial charge on any atom is -0.355 e. The number of carbonyl (C=O) groups excluding carboxylic acids is 2. The van der Waals surface area contributed by atoms with Gasteiger partial charge in [-0.05, 0) is 35.6 Å². The van der Waals surface area contributed by atoms with E-state index in [9.17, 15) is 9.59 Å². The van der Waals surface area contributed by atoms with Crippen LogP contribution in [0.15, 0.2) is 11.4 Å². The van der Waals surface area contributed by atoms with Crippen LogP contribution < -0.4 is 10.6 Å². The maximum atomic E-state index is 11.5. The van der Waals surface area contributed by atoms with Gasteiger partial charge >= 0.3 is 0 Å². The molecule has 1 aromatic rings. The molecule has 0 aromatic carbocycles. The second-order valence-electron chi connectivity index (χ2n) is 2.78. The van der Waals surface area contributed by atoms with E-state index in [-0.39, 0.29) is 18.4 Å². The third kappa shape index (κ3) is 4.17. The average molecular weight is 338 g/mol. The first-order chi connectivity index (χ1) is 7.13. The topological polar surface area (TPSA) is 58.2 Å². The Balaban J connectivity index is 2.40. The summed E-state index contributed by atoms with van der Waals surface area (Å²) in [5.41, 5.74) is 0.605. The molecule has 1 rings (SSSR count). The molecule has 0 unspecified atom stereocenters. The summed E-state index contributed by atoms with van der Waals surface area (Å²) in [7, 11) is 0. The maximum Gasteiger partial charge on any atom is 0.252 e. The second kappa shape index (κ2) is 6.06. The fraction of sp³-hybridized carbons (Fsp3) is 0.333. The van der Waals surface area contributed by atoms with Gasteiger partial charge in [0.2, 0.25) is 5.91 Å². The van der Waals surface area contributed by atoms with Crippen LogP contribution in [0.3, 0.4) is 0 Å². The van der Waals surface area contributed by atoms with Crippen LogP contribution in [0, 0.1) is 2.88 Å². The van der Waals surface area contributed by atoms with Crippen LogP contribution in [0.25, 0.3) is 0 Å². The normalized spacial score (nSPS) is 9.73. The predicted octanol–water partition coefficient (Wildman–Crippen LogP) is 1.22. The van der Waals surface area contributed by atoms with Crippen molar-refractivity contribution < 1.29 is 9.59 Å². The number of amides is 2. The van der Waals surface area contributed by atoms with E-state index in [0.717, 1.165) is 2.88 Å². The van der Waals surface area contributed by atoms with Crippen molar-refractivity contribution in [3.05, 3.63) is 19.9 Å². The Hall–Kier alpha value is -0.630. The lowest BCUT2D eigenvalue weighted by molar-refractivity contribution is -0.120. The van der Waals surface area contributed by atoms with Crippen molar-refractivity contribution in [1.29, 1.82) is 0 Å². The smallest absolute Gasteiger partial charge is 0.252 e. The quantitative estimate of drug-likeness (QED) is 0.811. The molecule has 4 nitrogen and oxygen atoms in total. The number of thiophene rings is 1. The van der Waals surface area contributed by atoms with Gasteiger partial charge < -0.3 is 10.6 Å². The summed E-state index contributed by atoms with van der Waals surface area (Å²) in [6, 6.07) is 1.79. The van der Waals surface area contributed by atoms with E-state index in [1.807, 2.05) is 6.92 Å². The van der Waals surface area contributed by atoms with E-state index in [0.29, 0.717) is 12.1 Å². The average Bonchev–Trinajstić information content (AvgIpc) is 2.62. The molecule has 0 radical (unpaired) electrons. The summed E-state index contributed by atoms with van der Waals surface area (Å²) in [5, 5.41) is 6.93. The zero-order valence-electron chi connectivity index (χ0n) is 8.17. The van der Waals surface area contributed by atoms with Crippen molar-refractivity contribution in [2.75, 3.05) is 13.1 Å². The second-order valence-corrected chi connectivity index (χ2v) is 5.58. The highest BCUT2D eigenvalue weighted by atomic mass is 127. The molecular weight excluding hydrogens is 327 g/mol. The molecule has 82 valence electrons. The molecule has 0 spiro atoms. The molecule has 2 N–H and O–H groups in total. The Bertz CT molecular complexity index is 365. The molecule has 0 atom stereocenters. The SMILES string of the molecule is CCNC(=O)CNC(=O)c1csc(I)c1. The zero-order chi connectivity index (χ0) is 11.3. The molecule has 0 aliphatic rings. The molecular formula is C9H11IN2O2S. The van der Waals surface area contributed by atoms with Gasteiger partial charge in [-0.15, -0.1) is 11.3 Å². The zero-order valence-corrected chi connectivity index (χ0v) is 11.1. The molecule has 0 aliphatic carbocycles. The van der Waals surface area contributed by atoms with Crippen molar-refractivity contribution in [1.82, 2.24) is 10.6 Å². The highest BCUT2D eigenvalue weighted by molar-refractivity contribution is 14.1. The monoisotopic (exact) mass is 338 g/mol. The number of carbonyl (C=O) groups is 2. The number of hydrogen-bond donors (Lipinski definition) is 2. The van der Waals surface area contributed by atoms with Crippen molar-refractivity contribution in [3.63, 3.8) is 0 Å². The first kappa shape index (κ1) is 12.4. The van der Waals surface area contributed by atoms with Gasteiger partial charge in [-0.3, -0.25) is 9.59 Å². The molecule has 0 aliphatic heterocycles. The summed E-state index contributed by atoms with van der Waals surface area (Å²) in [6.45, 7) is 2.44. The standard InChI is InChI=1S/C9H11IN2O2S/c1-2-11-8(13)4-12-9(14)6-3-7(10)15-5-6/h3,5H,2,4H2,1H3,(H,11,13)(H,12,14). The van der Waals surface area contributed by atoms with Crippen molar-refractivity contribution in [2.24, 2.45) is 0 Å². The molecule has 1 heterocycles. The molecule has 0 fully saturated rings. The lowest BCUT2D eigenvalue weighted by Crippen LogP contribution is -2.36. The summed E-state index contributed by atoms with van der Waals surface area (Å²) in [4.78, 5) is 22.5. The van der Waals surface area contributed by atoms with E-state index < -0.39 is 0 Å². The van der Waals surface area contributed by atoms with Crippen LogP contribution in [0.5, 0.6) is 0 Å². The van der Waals surface area contributed by atoms with Gasteiger partial charge in [0.05, 0.1) is 15.0 Å². The third-order valence-corrected chi connectivity index (χ3v) is 3.40. The molecule has 6 heteroatoms. The summed E-state index contributed by atoms with van der Waals surface area (Å²) in [5.74, 6) is -0.379. The van der Waals surface area contributed by atoms with Gasteiger partial charge in [-0.25, -0.2) is 0 Å². The van der Waals surface area contributed by atoms with Crippen LogP contribution >= 0.6 is 33.9 Å². The van der Waals surface area contributed by atoms with E-state index in [4.69, 9.17) is 0 Å². The summed E-state index contributed by atoms with van der Waals surface area (Å²) >= 11 is 3.65. The molecule has 0 saturated heterocycles. The minimum absolute atomic E-state index is 0.0269. The fourth-order valence-corrected chi connectivity index (χ4v) is 2.28. The van der Waals surface area contributed by atoms with Gasteiger partial charge in [-0.2, -0.15) is 0 Å². The van der Waals surface area contributed by atoms with Crippen molar-refractivity contribution in [3.8, 4) is 0 Å². The lowest BCUT2D eigenvalue weighted by Gasteiger charge is -2.03. The highest BCUT2D eigenvalue weighted by Gasteiger charge is 2.08. The third-order valence-electron chi connectivity index (χ3n) is 1.61. The van der Waals surface area contributed by atoms with Gasteiger partial charge in [0.1, 0.15) is 0 Å². The van der Waals surface area contributed by atoms with E-state index in [1.54, 1.807) is 11.4 Å². The number of rotatable bonds is 4. The van der Waals surface area contributed by atoms with Crippen molar-refractivity contribution >= 4 is 45.7 Å². The maximum absolute atomic E-state index is 11.5. The Morgan fingerprint density at radius 3 is 2.73 bits per heavy atom. The molecule has 0 saturated carbocycles. The van der Waals surface area contributed by atoms with Crippen LogP contribution in [-0.4, -0.2) is 24.9 Å². The van der Waals surface area contributed by atoms with Crippen LogP contribution in [-0.2, 0) is 4.79 Å². The summed E-state index contributed by atoms with van der Waals surface area (Å²) in [6.07, 6.45) is 0. The Morgan fingerprint density at radius 2 is 2.20 bits per heavy atom. The van der Waals surface area contributed by atoms with Crippen molar-refractivity contribution in [2.45, 2.75) is 6.92 Å². The molecule has 2 amide bonds. The van der Waals surface area contributed by atoms with Gasteiger partial charge in [-0.1, -0.05) is 0 Å². The Kier molecular flexibility index (Phi) is 5.03. The number of halogens is 1. The molecule has 15 heavy (non-hydrogen) atoms. The van der Waals surface area contributed by atoms with Crippen LogP contribution in [0.4, 0.5) is 0 Å². The summed E-state index contributed by atoms with van der Waals surface area (Å²) < 4.78 is 1.05. The fourth-order valence-electron chi connectivity index (χ4n) is 0.951. The van der Waals surface area contributed by atoms with Gasteiger partial charge in [0.15, 0.2) is 0 Å².